The van der Waals surface area contributed by atoms with Crippen LogP contribution in [-0.2, 0) is 13.2 Å². The first-order chi connectivity index (χ1) is 9.32. The molecule has 0 bridgehead atoms. The van der Waals surface area contributed by atoms with Gasteiger partial charge < -0.3 is 0 Å². The van der Waals surface area contributed by atoms with Gasteiger partial charge in [-0.3, -0.25) is 9.48 Å². The first kappa shape index (κ1) is 14.9. The van der Waals surface area contributed by atoms with Gasteiger partial charge in [0.15, 0.2) is 12.0 Å². The average Bonchev–Trinajstić information content (AvgIpc) is 2.69. The van der Waals surface area contributed by atoms with Crippen LogP contribution in [0.1, 0.15) is 16.1 Å². The van der Waals surface area contributed by atoms with E-state index in [1.807, 2.05) is 0 Å². The first-order valence-electron chi connectivity index (χ1n) is 5.35. The van der Waals surface area contributed by atoms with Crippen LogP contribution in [0.15, 0.2) is 34.2 Å². The maximum absolute atomic E-state index is 12.8. The maximum atomic E-state index is 12.8. The lowest BCUT2D eigenvalue weighted by Gasteiger charge is -2.04. The molecule has 1 aromatic carbocycles. The number of aryl methyl sites for hydroxylation is 1. The highest BCUT2D eigenvalue weighted by molar-refractivity contribution is 7.99. The summed E-state index contributed by atoms with van der Waals surface area (Å²) >= 11 is 6.76. The van der Waals surface area contributed by atoms with E-state index < -0.39 is 17.4 Å². The second-order valence-electron chi connectivity index (χ2n) is 3.86. The standard InChI is InChI=1S/C12H8ClF3N2OS/c1-18-11(20-8-4-2-7(13)3-5-8)9(6-19)10(17-18)12(14,15)16/h2-6H,1H3. The summed E-state index contributed by atoms with van der Waals surface area (Å²) in [7, 11) is 1.36. The highest BCUT2D eigenvalue weighted by Gasteiger charge is 2.39. The Morgan fingerprint density at radius 3 is 2.40 bits per heavy atom. The van der Waals surface area contributed by atoms with Crippen molar-refractivity contribution >= 4 is 29.6 Å². The zero-order valence-electron chi connectivity index (χ0n) is 10.1. The van der Waals surface area contributed by atoms with Gasteiger partial charge in [-0.15, -0.1) is 0 Å². The summed E-state index contributed by atoms with van der Waals surface area (Å²) in [5.41, 5.74) is -1.63. The summed E-state index contributed by atoms with van der Waals surface area (Å²) in [5, 5.41) is 4.03. The van der Waals surface area contributed by atoms with Crippen LogP contribution >= 0.6 is 23.4 Å². The fourth-order valence-corrected chi connectivity index (χ4v) is 2.62. The lowest BCUT2D eigenvalue weighted by Crippen LogP contribution is -2.09. The smallest absolute Gasteiger partial charge is 0.298 e. The van der Waals surface area contributed by atoms with Crippen LogP contribution in [0, 0.1) is 0 Å². The van der Waals surface area contributed by atoms with E-state index in [2.05, 4.69) is 5.10 Å². The van der Waals surface area contributed by atoms with Crippen molar-refractivity contribution in [1.82, 2.24) is 9.78 Å². The number of rotatable bonds is 3. The lowest BCUT2D eigenvalue weighted by molar-refractivity contribution is -0.141. The third kappa shape index (κ3) is 2.99. The van der Waals surface area contributed by atoms with Crippen molar-refractivity contribution in [2.75, 3.05) is 0 Å². The first-order valence-corrected chi connectivity index (χ1v) is 6.55. The van der Waals surface area contributed by atoms with Gasteiger partial charge in [-0.05, 0) is 24.3 Å². The Hall–Kier alpha value is -1.47. The molecule has 0 aliphatic rings. The minimum atomic E-state index is -4.66. The number of alkyl halides is 3. The molecule has 0 radical (unpaired) electrons. The van der Waals surface area contributed by atoms with Crippen molar-refractivity contribution < 1.29 is 18.0 Å². The van der Waals surface area contributed by atoms with E-state index in [1.54, 1.807) is 24.3 Å². The topological polar surface area (TPSA) is 34.9 Å². The summed E-state index contributed by atoms with van der Waals surface area (Å²) in [6, 6.07) is 6.54. The van der Waals surface area contributed by atoms with Gasteiger partial charge in [-0.25, -0.2) is 0 Å². The minimum absolute atomic E-state index is 0.134. The van der Waals surface area contributed by atoms with E-state index in [1.165, 1.54) is 7.05 Å². The Balaban J connectivity index is 2.44. The lowest BCUT2D eigenvalue weighted by atomic mass is 10.2. The van der Waals surface area contributed by atoms with Crippen molar-refractivity contribution in [3.63, 3.8) is 0 Å². The van der Waals surface area contributed by atoms with Crippen LogP contribution in [-0.4, -0.2) is 16.1 Å². The van der Waals surface area contributed by atoms with Crippen molar-refractivity contribution in [3.8, 4) is 0 Å². The molecule has 0 saturated heterocycles. The summed E-state index contributed by atoms with van der Waals surface area (Å²) < 4.78 is 39.3. The molecule has 20 heavy (non-hydrogen) atoms. The number of aromatic nitrogens is 2. The van der Waals surface area contributed by atoms with Crippen molar-refractivity contribution in [2.45, 2.75) is 16.1 Å². The molecule has 2 aromatic rings. The molecule has 0 atom stereocenters. The number of hydrogen-bond donors (Lipinski definition) is 0. The SMILES string of the molecule is Cn1nc(C(F)(F)F)c(C=O)c1Sc1ccc(Cl)cc1. The van der Waals surface area contributed by atoms with Crippen LogP contribution in [0.2, 0.25) is 5.02 Å². The summed E-state index contributed by atoms with van der Waals surface area (Å²) in [6.45, 7) is 0. The van der Waals surface area contributed by atoms with Gasteiger partial charge in [-0.1, -0.05) is 23.4 Å². The number of carbonyl (C=O) groups is 1. The number of nitrogens with zero attached hydrogens (tertiary/aromatic N) is 2. The predicted octanol–water partition coefficient (Wildman–Crippen LogP) is 4.06. The van der Waals surface area contributed by atoms with Crippen LogP contribution in [0.3, 0.4) is 0 Å². The van der Waals surface area contributed by atoms with Crippen molar-refractivity contribution in [1.29, 1.82) is 0 Å². The van der Waals surface area contributed by atoms with Crippen LogP contribution < -0.4 is 0 Å². The molecule has 106 valence electrons. The summed E-state index contributed by atoms with van der Waals surface area (Å²) in [6.07, 6.45) is -4.49. The van der Waals surface area contributed by atoms with Gasteiger partial charge >= 0.3 is 6.18 Å². The number of benzene rings is 1. The van der Waals surface area contributed by atoms with Crippen LogP contribution in [0.4, 0.5) is 13.2 Å². The molecular formula is C12H8ClF3N2OS. The molecule has 0 aliphatic carbocycles. The highest BCUT2D eigenvalue weighted by atomic mass is 35.5. The second-order valence-corrected chi connectivity index (χ2v) is 5.36. The minimum Gasteiger partial charge on any atom is -0.298 e. The molecular weight excluding hydrogens is 313 g/mol. The monoisotopic (exact) mass is 320 g/mol. The molecule has 1 aromatic heterocycles. The van der Waals surface area contributed by atoms with Gasteiger partial charge in [0.2, 0.25) is 0 Å². The second kappa shape index (κ2) is 5.49. The predicted molar refractivity (Wildman–Crippen MR) is 69.2 cm³/mol. The average molecular weight is 321 g/mol. The third-order valence-electron chi connectivity index (χ3n) is 2.44. The largest absolute Gasteiger partial charge is 0.435 e. The van der Waals surface area contributed by atoms with E-state index in [9.17, 15) is 18.0 Å². The molecule has 0 fully saturated rings. The van der Waals surface area contributed by atoms with Gasteiger partial charge in [0.1, 0.15) is 5.03 Å². The normalized spacial score (nSPS) is 11.7. The quantitative estimate of drug-likeness (QED) is 0.800. The molecule has 0 spiro atoms. The van der Waals surface area contributed by atoms with E-state index in [0.29, 0.717) is 9.92 Å². The molecule has 0 unspecified atom stereocenters. The third-order valence-corrected chi connectivity index (χ3v) is 3.88. The van der Waals surface area contributed by atoms with E-state index in [-0.39, 0.29) is 11.3 Å². The summed E-state index contributed by atoms with van der Waals surface area (Å²) in [5.74, 6) is 0. The maximum Gasteiger partial charge on any atom is 0.435 e. The zero-order chi connectivity index (χ0) is 14.9. The Kier molecular flexibility index (Phi) is 4.10. The molecule has 2 rings (SSSR count). The molecule has 0 amide bonds. The fourth-order valence-electron chi connectivity index (χ4n) is 1.58. The highest BCUT2D eigenvalue weighted by Crippen LogP contribution is 2.37. The van der Waals surface area contributed by atoms with Crippen LogP contribution in [0.25, 0.3) is 0 Å². The van der Waals surface area contributed by atoms with E-state index in [4.69, 9.17) is 11.6 Å². The Morgan fingerprint density at radius 2 is 1.90 bits per heavy atom. The van der Waals surface area contributed by atoms with Gasteiger partial charge in [-0.2, -0.15) is 18.3 Å². The van der Waals surface area contributed by atoms with Gasteiger partial charge in [0, 0.05) is 17.0 Å². The molecule has 1 heterocycles. The fraction of sp³-hybridized carbons (Fsp3) is 0.167. The Labute approximate surface area is 121 Å². The Bertz CT molecular complexity index is 637. The molecule has 8 heteroatoms. The van der Waals surface area contributed by atoms with Crippen molar-refractivity contribution in [3.05, 3.63) is 40.5 Å². The molecule has 3 nitrogen and oxygen atoms in total. The molecule has 0 N–H and O–H groups in total. The van der Waals surface area contributed by atoms with Gasteiger partial charge in [0.05, 0.1) is 5.56 Å². The molecule has 0 aliphatic heterocycles. The number of hydrogen-bond acceptors (Lipinski definition) is 3. The van der Waals surface area contributed by atoms with E-state index in [0.717, 1.165) is 16.4 Å². The van der Waals surface area contributed by atoms with E-state index >= 15 is 0 Å². The van der Waals surface area contributed by atoms with Crippen molar-refractivity contribution in [2.24, 2.45) is 7.05 Å². The zero-order valence-corrected chi connectivity index (χ0v) is 11.7. The van der Waals surface area contributed by atoms with Crippen LogP contribution in [0.5, 0.6) is 0 Å². The van der Waals surface area contributed by atoms with Gasteiger partial charge in [0.25, 0.3) is 0 Å². The number of carbonyl (C=O) groups excluding carboxylic acids is 1. The summed E-state index contributed by atoms with van der Waals surface area (Å²) in [4.78, 5) is 11.6. The molecule has 0 saturated carbocycles. The number of halogens is 4. The number of aldehydes is 1. The Morgan fingerprint density at radius 1 is 1.30 bits per heavy atom.